The van der Waals surface area contributed by atoms with Gasteiger partial charge in [-0.2, -0.15) is 0 Å². The lowest BCUT2D eigenvalue weighted by atomic mass is 9.93. The molecule has 1 fully saturated rings. The molecule has 1 aromatic heterocycles. The summed E-state index contributed by atoms with van der Waals surface area (Å²) >= 11 is 5.47. The van der Waals surface area contributed by atoms with Gasteiger partial charge in [0.1, 0.15) is 5.82 Å². The zero-order valence-corrected chi connectivity index (χ0v) is 11.4. The number of pyridine rings is 1. The van der Waals surface area contributed by atoms with Crippen LogP contribution in [0.15, 0.2) is 18.3 Å². The van der Waals surface area contributed by atoms with E-state index in [0.29, 0.717) is 11.6 Å². The smallest absolute Gasteiger partial charge is 0.251 e. The fourth-order valence-corrected chi connectivity index (χ4v) is 1.89. The lowest BCUT2D eigenvalue weighted by Gasteiger charge is -2.26. The van der Waals surface area contributed by atoms with E-state index in [4.69, 9.17) is 11.6 Å². The molecule has 1 aliphatic rings. The second kappa shape index (κ2) is 6.73. The highest BCUT2D eigenvalue weighted by atomic mass is 35.5. The van der Waals surface area contributed by atoms with Crippen LogP contribution < -0.4 is 10.6 Å². The Hall–Kier alpha value is -1.33. The summed E-state index contributed by atoms with van der Waals surface area (Å²) in [5, 5.41) is 15.2. The molecule has 1 saturated carbocycles. The number of amides is 1. The number of carbonyl (C=O) groups excluding carboxylic acids is 1. The first kappa shape index (κ1) is 14.1. The van der Waals surface area contributed by atoms with Crippen molar-refractivity contribution in [2.75, 3.05) is 17.7 Å². The van der Waals surface area contributed by atoms with Gasteiger partial charge in [0.05, 0.1) is 12.0 Å². The number of hydrogen-bond acceptors (Lipinski definition) is 4. The highest BCUT2D eigenvalue weighted by molar-refractivity contribution is 6.18. The molecule has 0 aliphatic heterocycles. The van der Waals surface area contributed by atoms with Crippen LogP contribution in [0.3, 0.4) is 0 Å². The summed E-state index contributed by atoms with van der Waals surface area (Å²) in [7, 11) is 0. The lowest BCUT2D eigenvalue weighted by Crippen LogP contribution is -2.33. The number of aliphatic hydroxyl groups is 1. The van der Waals surface area contributed by atoms with Crippen molar-refractivity contribution in [3.05, 3.63) is 23.9 Å². The molecular formula is C13H18ClN3O2. The molecule has 0 unspecified atom stereocenters. The highest BCUT2D eigenvalue weighted by Gasteiger charge is 2.17. The fourth-order valence-electron chi connectivity index (χ4n) is 1.78. The maximum absolute atomic E-state index is 11.9. The Morgan fingerprint density at radius 3 is 3.00 bits per heavy atom. The second-order valence-corrected chi connectivity index (χ2v) is 5.03. The number of alkyl halides is 1. The fraction of sp³-hybridized carbons (Fsp3) is 0.538. The first-order valence-corrected chi connectivity index (χ1v) is 6.97. The predicted molar refractivity (Wildman–Crippen MR) is 74.6 cm³/mol. The van der Waals surface area contributed by atoms with Crippen molar-refractivity contribution >= 4 is 23.3 Å². The molecular weight excluding hydrogens is 266 g/mol. The topological polar surface area (TPSA) is 74.2 Å². The maximum atomic E-state index is 11.9. The average molecular weight is 284 g/mol. The van der Waals surface area contributed by atoms with Gasteiger partial charge in [-0.25, -0.2) is 4.98 Å². The molecule has 1 aromatic rings. The summed E-state index contributed by atoms with van der Waals surface area (Å²) in [6, 6.07) is 3.85. The van der Waals surface area contributed by atoms with Gasteiger partial charge in [-0.1, -0.05) is 0 Å². The number of aliphatic hydroxyl groups excluding tert-OH is 1. The number of nitrogens with zero attached hydrogens (tertiary/aromatic N) is 1. The largest absolute Gasteiger partial charge is 0.390 e. The lowest BCUT2D eigenvalue weighted by molar-refractivity contribution is 0.0925. The molecule has 1 heterocycles. The van der Waals surface area contributed by atoms with Crippen LogP contribution in [0.2, 0.25) is 0 Å². The molecule has 0 aromatic carbocycles. The Morgan fingerprint density at radius 2 is 2.37 bits per heavy atom. The SMILES string of the molecule is O=C(NC[C@H](O)CCl)c1ccnc(NC2CCC2)c1. The molecule has 5 nitrogen and oxygen atoms in total. The van der Waals surface area contributed by atoms with Crippen molar-refractivity contribution in [1.82, 2.24) is 10.3 Å². The third-order valence-corrected chi connectivity index (χ3v) is 3.51. The summed E-state index contributed by atoms with van der Waals surface area (Å²) < 4.78 is 0. The number of carbonyl (C=O) groups is 1. The van der Waals surface area contributed by atoms with E-state index in [-0.39, 0.29) is 18.3 Å². The number of anilines is 1. The molecule has 6 heteroatoms. The molecule has 1 amide bonds. The van der Waals surface area contributed by atoms with E-state index in [1.807, 2.05) is 0 Å². The van der Waals surface area contributed by atoms with Crippen molar-refractivity contribution in [3.8, 4) is 0 Å². The summed E-state index contributed by atoms with van der Waals surface area (Å²) in [5.41, 5.74) is 0.526. The number of rotatable bonds is 6. The minimum Gasteiger partial charge on any atom is -0.390 e. The minimum absolute atomic E-state index is 0.102. The zero-order valence-electron chi connectivity index (χ0n) is 10.6. The monoisotopic (exact) mass is 283 g/mol. The standard InChI is InChI=1S/C13H18ClN3O2/c14-7-11(18)8-16-13(19)9-4-5-15-12(6-9)17-10-2-1-3-10/h4-6,10-11,18H,1-3,7-8H2,(H,15,17)(H,16,19)/t11-/m1/s1. The Morgan fingerprint density at radius 1 is 1.58 bits per heavy atom. The number of aromatic nitrogens is 1. The molecule has 3 N–H and O–H groups in total. The first-order chi connectivity index (χ1) is 9.19. The van der Waals surface area contributed by atoms with Crippen molar-refractivity contribution in [3.63, 3.8) is 0 Å². The summed E-state index contributed by atoms with van der Waals surface area (Å²) in [6.45, 7) is 0.149. The van der Waals surface area contributed by atoms with Crippen LogP contribution in [0.5, 0.6) is 0 Å². The van der Waals surface area contributed by atoms with Crippen LogP contribution in [0, 0.1) is 0 Å². The van der Waals surface area contributed by atoms with Gasteiger partial charge >= 0.3 is 0 Å². The Balaban J connectivity index is 1.91. The van der Waals surface area contributed by atoms with Crippen LogP contribution in [0.25, 0.3) is 0 Å². The average Bonchev–Trinajstić information content (AvgIpc) is 2.40. The van der Waals surface area contributed by atoms with Gasteiger partial charge in [0.15, 0.2) is 0 Å². The van der Waals surface area contributed by atoms with Crippen molar-refractivity contribution in [2.24, 2.45) is 0 Å². The predicted octanol–water partition coefficient (Wildman–Crippen LogP) is 1.38. The summed E-state index contributed by atoms with van der Waals surface area (Å²) in [6.07, 6.45) is 4.43. The van der Waals surface area contributed by atoms with Crippen LogP contribution in [0.1, 0.15) is 29.6 Å². The van der Waals surface area contributed by atoms with Gasteiger partial charge in [0.2, 0.25) is 0 Å². The van der Waals surface area contributed by atoms with E-state index in [0.717, 1.165) is 18.7 Å². The third-order valence-electron chi connectivity index (χ3n) is 3.16. The Kier molecular flexibility index (Phi) is 4.99. The van der Waals surface area contributed by atoms with E-state index in [2.05, 4.69) is 15.6 Å². The van der Waals surface area contributed by atoms with E-state index >= 15 is 0 Å². The van der Waals surface area contributed by atoms with Gasteiger partial charge in [-0.15, -0.1) is 11.6 Å². The van der Waals surface area contributed by atoms with Crippen molar-refractivity contribution < 1.29 is 9.90 Å². The van der Waals surface area contributed by atoms with Gasteiger partial charge in [0, 0.05) is 24.3 Å². The number of hydrogen-bond donors (Lipinski definition) is 3. The van der Waals surface area contributed by atoms with Crippen LogP contribution in [0.4, 0.5) is 5.82 Å². The van der Waals surface area contributed by atoms with Crippen LogP contribution >= 0.6 is 11.6 Å². The molecule has 1 aliphatic carbocycles. The maximum Gasteiger partial charge on any atom is 0.251 e. The summed E-state index contributed by atoms with van der Waals surface area (Å²) in [5.74, 6) is 0.587. The van der Waals surface area contributed by atoms with E-state index in [1.165, 1.54) is 6.42 Å². The molecule has 0 bridgehead atoms. The van der Waals surface area contributed by atoms with Gasteiger partial charge in [-0.05, 0) is 31.4 Å². The van der Waals surface area contributed by atoms with Crippen molar-refractivity contribution in [2.45, 2.75) is 31.4 Å². The molecule has 19 heavy (non-hydrogen) atoms. The van der Waals surface area contributed by atoms with Crippen LogP contribution in [-0.4, -0.2) is 40.6 Å². The van der Waals surface area contributed by atoms with E-state index in [1.54, 1.807) is 18.3 Å². The second-order valence-electron chi connectivity index (χ2n) is 4.72. The van der Waals surface area contributed by atoms with E-state index < -0.39 is 6.10 Å². The Bertz CT molecular complexity index is 438. The normalized spacial score (nSPS) is 16.5. The number of nitrogens with one attached hydrogen (secondary N) is 2. The van der Waals surface area contributed by atoms with Crippen LogP contribution in [-0.2, 0) is 0 Å². The zero-order chi connectivity index (χ0) is 13.7. The van der Waals surface area contributed by atoms with Gasteiger partial charge in [0.25, 0.3) is 5.91 Å². The molecule has 0 spiro atoms. The summed E-state index contributed by atoms with van der Waals surface area (Å²) in [4.78, 5) is 16.1. The minimum atomic E-state index is -0.722. The molecule has 104 valence electrons. The third kappa shape index (κ3) is 4.08. The quantitative estimate of drug-likeness (QED) is 0.690. The molecule has 2 rings (SSSR count). The Labute approximate surface area is 117 Å². The van der Waals surface area contributed by atoms with Gasteiger partial charge in [-0.3, -0.25) is 4.79 Å². The molecule has 0 radical (unpaired) electrons. The first-order valence-electron chi connectivity index (χ1n) is 6.44. The highest BCUT2D eigenvalue weighted by Crippen LogP contribution is 2.22. The van der Waals surface area contributed by atoms with Crippen molar-refractivity contribution in [1.29, 1.82) is 0 Å². The molecule has 1 atom stereocenters. The molecule has 0 saturated heterocycles. The number of halogens is 1. The van der Waals surface area contributed by atoms with Gasteiger partial charge < -0.3 is 15.7 Å². The van der Waals surface area contributed by atoms with E-state index in [9.17, 15) is 9.90 Å².